The molecule has 0 aliphatic rings. The van der Waals surface area contributed by atoms with Crippen molar-refractivity contribution in [3.8, 4) is 0 Å². The molecule has 0 aliphatic carbocycles. The van der Waals surface area contributed by atoms with Crippen LogP contribution >= 0.6 is 0 Å². The van der Waals surface area contributed by atoms with Gasteiger partial charge in [-0.25, -0.2) is 4.99 Å². The van der Waals surface area contributed by atoms with E-state index < -0.39 is 0 Å². The van der Waals surface area contributed by atoms with Gasteiger partial charge in [0, 0.05) is 16.5 Å². The molecule has 0 bridgehead atoms. The van der Waals surface area contributed by atoms with E-state index in [1.165, 1.54) is 35.1 Å². The second-order valence-electron chi connectivity index (χ2n) is 9.13. The molecule has 2 nitrogen and oxygen atoms in total. The van der Waals surface area contributed by atoms with Gasteiger partial charge in [0.1, 0.15) is 0 Å². The largest absolute Gasteiger partial charge is 0.251 e. The van der Waals surface area contributed by atoms with E-state index in [0.717, 1.165) is 74.2 Å². The molecule has 0 aliphatic heterocycles. The third kappa shape index (κ3) is 10.7. The van der Waals surface area contributed by atoms with E-state index >= 15 is 0 Å². The van der Waals surface area contributed by atoms with E-state index in [4.69, 9.17) is 9.98 Å². The van der Waals surface area contributed by atoms with Gasteiger partial charge in [-0.05, 0) is 97.5 Å². The smallest absolute Gasteiger partial charge is 0.0848 e. The molecule has 0 saturated heterocycles. The molecule has 0 radical (unpaired) electrons. The Morgan fingerprint density at radius 3 is 1.51 bits per heavy atom. The Bertz CT molecular complexity index is 941. The SMILES string of the molecule is CCCCC=CC(=Nc1cc(CC)cc(CC)c1)C(CCCC)=Nc1cc(CC)cc(CC)c1.[Ni]. The van der Waals surface area contributed by atoms with Crippen LogP contribution in [0, 0.1) is 0 Å². The maximum Gasteiger partial charge on any atom is 0.0848 e. The molecule has 0 atom stereocenters. The van der Waals surface area contributed by atoms with E-state index in [9.17, 15) is 0 Å². The summed E-state index contributed by atoms with van der Waals surface area (Å²) in [5, 5.41) is 0. The molecule has 194 valence electrons. The van der Waals surface area contributed by atoms with Crippen molar-refractivity contribution in [2.75, 3.05) is 0 Å². The second kappa shape index (κ2) is 17.4. The summed E-state index contributed by atoms with van der Waals surface area (Å²) in [7, 11) is 0. The van der Waals surface area contributed by atoms with Gasteiger partial charge < -0.3 is 0 Å². The van der Waals surface area contributed by atoms with Crippen molar-refractivity contribution in [2.45, 2.75) is 106 Å². The molecule has 0 N–H and O–H groups in total. The van der Waals surface area contributed by atoms with Crippen LogP contribution in [-0.4, -0.2) is 11.4 Å². The number of hydrogen-bond donors (Lipinski definition) is 0. The Labute approximate surface area is 225 Å². The van der Waals surface area contributed by atoms with Crippen LogP contribution in [0.5, 0.6) is 0 Å². The van der Waals surface area contributed by atoms with E-state index in [1.807, 2.05) is 0 Å². The van der Waals surface area contributed by atoms with Crippen LogP contribution in [0.2, 0.25) is 0 Å². The third-order valence-corrected chi connectivity index (χ3v) is 6.28. The zero-order valence-corrected chi connectivity index (χ0v) is 23.9. The van der Waals surface area contributed by atoms with Gasteiger partial charge in [-0.15, -0.1) is 0 Å². The van der Waals surface area contributed by atoms with Crippen molar-refractivity contribution in [2.24, 2.45) is 9.98 Å². The van der Waals surface area contributed by atoms with Crippen LogP contribution in [-0.2, 0) is 42.2 Å². The number of allylic oxidation sites excluding steroid dienone is 2. The van der Waals surface area contributed by atoms with Crippen LogP contribution in [0.25, 0.3) is 0 Å². The van der Waals surface area contributed by atoms with Crippen molar-refractivity contribution < 1.29 is 16.5 Å². The number of aliphatic imine (C=N–C) groups is 2. The van der Waals surface area contributed by atoms with Crippen LogP contribution in [0.15, 0.2) is 58.5 Å². The van der Waals surface area contributed by atoms with Crippen LogP contribution in [0.3, 0.4) is 0 Å². The van der Waals surface area contributed by atoms with Crippen molar-refractivity contribution in [1.82, 2.24) is 0 Å². The zero-order chi connectivity index (χ0) is 24.8. The Hall–Kier alpha value is -1.99. The van der Waals surface area contributed by atoms with Crippen LogP contribution in [0.1, 0.15) is 102 Å². The molecule has 0 fully saturated rings. The van der Waals surface area contributed by atoms with Gasteiger partial charge in [0.2, 0.25) is 0 Å². The maximum atomic E-state index is 5.23. The molecule has 0 unspecified atom stereocenters. The van der Waals surface area contributed by atoms with Crippen molar-refractivity contribution in [1.29, 1.82) is 0 Å². The van der Waals surface area contributed by atoms with E-state index in [-0.39, 0.29) is 16.5 Å². The first kappa shape index (κ1) is 31.0. The van der Waals surface area contributed by atoms with E-state index in [2.05, 4.69) is 90.1 Å². The molecule has 2 rings (SSSR count). The number of aryl methyl sites for hydroxylation is 4. The fourth-order valence-electron chi connectivity index (χ4n) is 4.03. The fourth-order valence-corrected chi connectivity index (χ4v) is 4.03. The van der Waals surface area contributed by atoms with Gasteiger partial charge in [0.25, 0.3) is 0 Å². The summed E-state index contributed by atoms with van der Waals surface area (Å²) >= 11 is 0. The molecular weight excluding hydrogens is 471 g/mol. The van der Waals surface area contributed by atoms with Gasteiger partial charge in [-0.2, -0.15) is 0 Å². The predicted octanol–water partition coefficient (Wildman–Crippen LogP) is 9.72. The average molecular weight is 517 g/mol. The molecule has 0 heterocycles. The Morgan fingerprint density at radius 1 is 0.629 bits per heavy atom. The normalized spacial score (nSPS) is 12.3. The predicted molar refractivity (Wildman–Crippen MR) is 153 cm³/mol. The number of hydrogen-bond acceptors (Lipinski definition) is 2. The number of benzene rings is 2. The molecule has 3 heteroatoms. The minimum Gasteiger partial charge on any atom is -0.251 e. The van der Waals surface area contributed by atoms with Gasteiger partial charge in [0.15, 0.2) is 0 Å². The first-order valence-electron chi connectivity index (χ1n) is 13.6. The van der Waals surface area contributed by atoms with Gasteiger partial charge in [-0.3, -0.25) is 4.99 Å². The molecule has 0 amide bonds. The van der Waals surface area contributed by atoms with Crippen molar-refractivity contribution in [3.63, 3.8) is 0 Å². The molecule has 0 saturated carbocycles. The quantitative estimate of drug-likeness (QED) is 0.135. The summed E-state index contributed by atoms with van der Waals surface area (Å²) < 4.78 is 0. The maximum absolute atomic E-state index is 5.23. The molecule has 2 aromatic carbocycles. The number of unbranched alkanes of at least 4 members (excludes halogenated alkanes) is 3. The minimum atomic E-state index is 0. The van der Waals surface area contributed by atoms with E-state index in [1.54, 1.807) is 0 Å². The number of rotatable bonds is 14. The minimum absolute atomic E-state index is 0. The molecule has 35 heavy (non-hydrogen) atoms. The monoisotopic (exact) mass is 516 g/mol. The first-order chi connectivity index (χ1) is 16.6. The Morgan fingerprint density at radius 2 is 1.09 bits per heavy atom. The number of nitrogens with zero attached hydrogens (tertiary/aromatic N) is 2. The second-order valence-corrected chi connectivity index (χ2v) is 9.13. The molecule has 2 aromatic rings. The zero-order valence-electron chi connectivity index (χ0n) is 22.9. The Balaban J connectivity index is 0.00000612. The topological polar surface area (TPSA) is 24.7 Å². The van der Waals surface area contributed by atoms with Crippen molar-refractivity contribution >= 4 is 22.8 Å². The van der Waals surface area contributed by atoms with Crippen LogP contribution in [0.4, 0.5) is 11.4 Å². The fraction of sp³-hybridized carbons (Fsp3) is 0.500. The summed E-state index contributed by atoms with van der Waals surface area (Å²) in [5.74, 6) is 0. The molecule has 0 spiro atoms. The third-order valence-electron chi connectivity index (χ3n) is 6.28. The summed E-state index contributed by atoms with van der Waals surface area (Å²) in [6.45, 7) is 13.4. The van der Waals surface area contributed by atoms with Gasteiger partial charge in [-0.1, -0.05) is 79.0 Å². The average Bonchev–Trinajstić information content (AvgIpc) is 2.87. The standard InChI is InChI=1S/C32H46N2.Ni/c1-7-13-15-16-18-32(34-30-23-27(11-5)20-28(12-6)24-30)31(17-14-8-2)33-29-21-25(9-3)19-26(10-4)22-29;/h16,18-24H,7-15,17H2,1-6H3;. The molecule has 0 aromatic heterocycles. The summed E-state index contributed by atoms with van der Waals surface area (Å²) in [6, 6.07) is 13.6. The first-order valence-corrected chi connectivity index (χ1v) is 13.6. The summed E-state index contributed by atoms with van der Waals surface area (Å²) in [6.07, 6.45) is 15.3. The Kier molecular flexibility index (Phi) is 15.5. The van der Waals surface area contributed by atoms with Crippen molar-refractivity contribution in [3.05, 3.63) is 70.8 Å². The molecular formula is C32H46N2Ni. The van der Waals surface area contributed by atoms with Gasteiger partial charge >= 0.3 is 0 Å². The summed E-state index contributed by atoms with van der Waals surface area (Å²) in [4.78, 5) is 10.4. The van der Waals surface area contributed by atoms with Gasteiger partial charge in [0.05, 0.1) is 22.8 Å². The van der Waals surface area contributed by atoms with E-state index in [0.29, 0.717) is 0 Å². The van der Waals surface area contributed by atoms with Crippen LogP contribution < -0.4 is 0 Å². The summed E-state index contributed by atoms with van der Waals surface area (Å²) in [5.41, 5.74) is 9.64.